The Morgan fingerprint density at radius 3 is 2.88 bits per heavy atom. The minimum Gasteiger partial charge on any atom is -0.266 e. The Bertz CT molecular complexity index is 495. The Morgan fingerprint density at radius 2 is 2.19 bits per heavy atom. The molecule has 3 heterocycles. The van der Waals surface area contributed by atoms with Gasteiger partial charge in [-0.3, -0.25) is 9.67 Å². The SMILES string of the molecule is Fc1ccc(-c2cc3n(n2)CC(F)C3)nc1. The first-order valence-corrected chi connectivity index (χ1v) is 5.05. The maximum absolute atomic E-state index is 13.0. The van der Waals surface area contributed by atoms with Crippen molar-refractivity contribution >= 4 is 0 Å². The van der Waals surface area contributed by atoms with Gasteiger partial charge in [0, 0.05) is 12.1 Å². The first-order valence-electron chi connectivity index (χ1n) is 5.05. The number of nitrogens with zero attached hydrogens (tertiary/aromatic N) is 3. The van der Waals surface area contributed by atoms with Gasteiger partial charge in [0.1, 0.15) is 17.7 Å². The van der Waals surface area contributed by atoms with Crippen LogP contribution >= 0.6 is 0 Å². The minimum absolute atomic E-state index is 0.302. The summed E-state index contributed by atoms with van der Waals surface area (Å²) in [5.74, 6) is -0.376. The van der Waals surface area contributed by atoms with Gasteiger partial charge in [-0.2, -0.15) is 5.10 Å². The smallest absolute Gasteiger partial charge is 0.141 e. The fourth-order valence-electron chi connectivity index (χ4n) is 1.91. The third-order valence-corrected chi connectivity index (χ3v) is 2.65. The largest absolute Gasteiger partial charge is 0.266 e. The van der Waals surface area contributed by atoms with Gasteiger partial charge in [0.25, 0.3) is 0 Å². The predicted molar refractivity (Wildman–Crippen MR) is 54.0 cm³/mol. The number of alkyl halides is 1. The van der Waals surface area contributed by atoms with Gasteiger partial charge in [-0.05, 0) is 18.2 Å². The molecule has 0 spiro atoms. The highest BCUT2D eigenvalue weighted by Crippen LogP contribution is 2.23. The zero-order chi connectivity index (χ0) is 11.1. The molecule has 0 amide bonds. The zero-order valence-electron chi connectivity index (χ0n) is 8.40. The van der Waals surface area contributed by atoms with E-state index in [9.17, 15) is 8.78 Å². The van der Waals surface area contributed by atoms with E-state index in [0.29, 0.717) is 24.4 Å². The summed E-state index contributed by atoms with van der Waals surface area (Å²) in [5.41, 5.74) is 2.15. The second-order valence-electron chi connectivity index (χ2n) is 3.87. The van der Waals surface area contributed by atoms with Gasteiger partial charge in [-0.25, -0.2) is 8.78 Å². The normalized spacial score (nSPS) is 18.8. The molecule has 3 nitrogen and oxygen atoms in total. The summed E-state index contributed by atoms with van der Waals surface area (Å²) in [4.78, 5) is 3.94. The van der Waals surface area contributed by atoms with Crippen molar-refractivity contribution in [3.63, 3.8) is 0 Å². The molecule has 2 aromatic rings. The summed E-state index contributed by atoms with van der Waals surface area (Å²) in [5, 5.41) is 4.23. The predicted octanol–water partition coefficient (Wildman–Crippen LogP) is 1.98. The average molecular weight is 221 g/mol. The molecule has 0 aromatic carbocycles. The van der Waals surface area contributed by atoms with Gasteiger partial charge in [0.05, 0.1) is 18.4 Å². The summed E-state index contributed by atoms with van der Waals surface area (Å²) in [6.07, 6.45) is 0.712. The van der Waals surface area contributed by atoms with E-state index < -0.39 is 6.17 Å². The maximum Gasteiger partial charge on any atom is 0.141 e. The van der Waals surface area contributed by atoms with Crippen LogP contribution in [0.1, 0.15) is 5.69 Å². The van der Waals surface area contributed by atoms with Crippen molar-refractivity contribution < 1.29 is 8.78 Å². The highest BCUT2D eigenvalue weighted by atomic mass is 19.1. The van der Waals surface area contributed by atoms with Crippen LogP contribution in [0, 0.1) is 5.82 Å². The molecule has 16 heavy (non-hydrogen) atoms. The van der Waals surface area contributed by atoms with Crippen molar-refractivity contribution in [3.8, 4) is 11.4 Å². The fraction of sp³-hybridized carbons (Fsp3) is 0.273. The second kappa shape index (κ2) is 3.37. The van der Waals surface area contributed by atoms with Crippen molar-refractivity contribution in [2.24, 2.45) is 0 Å². The van der Waals surface area contributed by atoms with Crippen LogP contribution in [0.5, 0.6) is 0 Å². The summed E-state index contributed by atoms with van der Waals surface area (Å²) in [6.45, 7) is 0.302. The van der Waals surface area contributed by atoms with Crippen LogP contribution in [0.15, 0.2) is 24.4 Å². The minimum atomic E-state index is -0.835. The van der Waals surface area contributed by atoms with Crippen LogP contribution in [-0.4, -0.2) is 20.9 Å². The van der Waals surface area contributed by atoms with Gasteiger partial charge < -0.3 is 0 Å². The Balaban J connectivity index is 1.97. The van der Waals surface area contributed by atoms with Gasteiger partial charge in [0.15, 0.2) is 0 Å². The van der Waals surface area contributed by atoms with Crippen LogP contribution in [-0.2, 0) is 13.0 Å². The molecule has 1 atom stereocenters. The highest BCUT2D eigenvalue weighted by molar-refractivity contribution is 5.54. The van der Waals surface area contributed by atoms with Crippen molar-refractivity contribution in [2.75, 3.05) is 0 Å². The van der Waals surface area contributed by atoms with Crippen LogP contribution in [0.4, 0.5) is 8.78 Å². The van der Waals surface area contributed by atoms with Crippen LogP contribution < -0.4 is 0 Å². The molecule has 0 bridgehead atoms. The maximum atomic E-state index is 13.0. The van der Waals surface area contributed by atoms with Crippen molar-refractivity contribution in [1.29, 1.82) is 0 Å². The van der Waals surface area contributed by atoms with Crippen LogP contribution in [0.3, 0.4) is 0 Å². The molecule has 2 aromatic heterocycles. The van der Waals surface area contributed by atoms with Gasteiger partial charge >= 0.3 is 0 Å². The Labute approximate surface area is 90.7 Å². The molecule has 1 unspecified atom stereocenters. The van der Waals surface area contributed by atoms with E-state index in [0.717, 1.165) is 11.9 Å². The van der Waals surface area contributed by atoms with Crippen molar-refractivity contribution in [1.82, 2.24) is 14.8 Å². The van der Waals surface area contributed by atoms with E-state index in [2.05, 4.69) is 10.1 Å². The molecule has 1 aliphatic rings. The number of hydrogen-bond acceptors (Lipinski definition) is 2. The lowest BCUT2D eigenvalue weighted by molar-refractivity contribution is 0.322. The number of pyridine rings is 1. The molecule has 0 fully saturated rings. The molecular formula is C11H9F2N3. The van der Waals surface area contributed by atoms with E-state index in [-0.39, 0.29) is 5.82 Å². The summed E-state index contributed by atoms with van der Waals surface area (Å²) >= 11 is 0. The van der Waals surface area contributed by atoms with E-state index in [1.165, 1.54) is 6.07 Å². The van der Waals surface area contributed by atoms with Gasteiger partial charge in [-0.1, -0.05) is 0 Å². The Kier molecular flexibility index (Phi) is 1.99. The quantitative estimate of drug-likeness (QED) is 0.737. The summed E-state index contributed by atoms with van der Waals surface area (Å²) < 4.78 is 27.3. The molecule has 0 aliphatic carbocycles. The van der Waals surface area contributed by atoms with E-state index in [4.69, 9.17) is 0 Å². The first kappa shape index (κ1) is 9.45. The number of rotatable bonds is 1. The lowest BCUT2D eigenvalue weighted by Crippen LogP contribution is -2.03. The van der Waals surface area contributed by atoms with E-state index in [1.54, 1.807) is 16.8 Å². The molecule has 0 N–H and O–H groups in total. The molecule has 5 heteroatoms. The van der Waals surface area contributed by atoms with Crippen molar-refractivity contribution in [2.45, 2.75) is 19.1 Å². The lowest BCUT2D eigenvalue weighted by Gasteiger charge is -1.97. The highest BCUT2D eigenvalue weighted by Gasteiger charge is 2.23. The molecular weight excluding hydrogens is 212 g/mol. The first-order chi connectivity index (χ1) is 7.72. The molecule has 82 valence electrons. The molecule has 0 radical (unpaired) electrons. The molecule has 3 rings (SSSR count). The number of aromatic nitrogens is 3. The number of fused-ring (bicyclic) bond motifs is 1. The molecule has 0 saturated heterocycles. The number of halogens is 2. The standard InChI is InChI=1S/C11H9F2N3/c12-7-1-2-10(14-5-7)11-4-9-3-8(13)6-16(9)15-11/h1-2,4-5,8H,3,6H2. The van der Waals surface area contributed by atoms with E-state index in [1.807, 2.05) is 0 Å². The summed E-state index contributed by atoms with van der Waals surface area (Å²) in [7, 11) is 0. The lowest BCUT2D eigenvalue weighted by atomic mass is 10.2. The third kappa shape index (κ3) is 1.48. The average Bonchev–Trinajstić information content (AvgIpc) is 2.75. The zero-order valence-corrected chi connectivity index (χ0v) is 8.40. The summed E-state index contributed by atoms with van der Waals surface area (Å²) in [6, 6.07) is 4.71. The van der Waals surface area contributed by atoms with Gasteiger partial charge in [-0.15, -0.1) is 0 Å². The second-order valence-corrected chi connectivity index (χ2v) is 3.87. The van der Waals surface area contributed by atoms with E-state index >= 15 is 0 Å². The Hall–Kier alpha value is -1.78. The number of hydrogen-bond donors (Lipinski definition) is 0. The Morgan fingerprint density at radius 1 is 1.31 bits per heavy atom. The monoisotopic (exact) mass is 221 g/mol. The fourth-order valence-corrected chi connectivity index (χ4v) is 1.91. The van der Waals surface area contributed by atoms with Crippen molar-refractivity contribution in [3.05, 3.63) is 35.9 Å². The van der Waals surface area contributed by atoms with Crippen LogP contribution in [0.2, 0.25) is 0 Å². The third-order valence-electron chi connectivity index (χ3n) is 2.65. The molecule has 0 saturated carbocycles. The van der Waals surface area contributed by atoms with Crippen LogP contribution in [0.25, 0.3) is 11.4 Å². The van der Waals surface area contributed by atoms with Gasteiger partial charge in [0.2, 0.25) is 0 Å². The molecule has 1 aliphatic heterocycles. The topological polar surface area (TPSA) is 30.7 Å².